The third kappa shape index (κ3) is 2.75. The molecular weight excluding hydrogens is 295 g/mol. The quantitative estimate of drug-likeness (QED) is 0.579. The molecule has 0 aliphatic heterocycles. The first-order valence-electron chi connectivity index (χ1n) is 3.25. The molecule has 0 spiro atoms. The predicted molar refractivity (Wildman–Crippen MR) is 61.2 cm³/mol. The number of nitrogen functional groups attached to an aromatic ring is 1. The minimum Gasteiger partial charge on any atom is -0.478 e. The van der Waals surface area contributed by atoms with Crippen molar-refractivity contribution in [2.75, 3.05) is 5.43 Å². The van der Waals surface area contributed by atoms with Crippen molar-refractivity contribution in [2.24, 2.45) is 5.84 Å². The minimum absolute atomic E-state index is 0. The Morgan fingerprint density at radius 2 is 2.14 bits per heavy atom. The van der Waals surface area contributed by atoms with E-state index >= 15 is 0 Å². The van der Waals surface area contributed by atoms with Crippen LogP contribution in [-0.4, -0.2) is 11.1 Å². The lowest BCUT2D eigenvalue weighted by Gasteiger charge is -2.06. The number of anilines is 1. The Kier molecular flexibility index (Phi) is 5.22. The van der Waals surface area contributed by atoms with Crippen LogP contribution < -0.4 is 11.3 Å². The van der Waals surface area contributed by atoms with Crippen LogP contribution >= 0.6 is 39.9 Å². The second-order valence-electron chi connectivity index (χ2n) is 2.26. The Morgan fingerprint density at radius 1 is 1.57 bits per heavy atom. The van der Waals surface area contributed by atoms with E-state index in [1.807, 2.05) is 0 Å². The average molecular weight is 302 g/mol. The SMILES string of the molecule is Cl.NNc1cc(Br)c(Cl)cc1C(=O)O. The van der Waals surface area contributed by atoms with Crippen molar-refractivity contribution >= 4 is 51.6 Å². The fraction of sp³-hybridized carbons (Fsp3) is 0. The summed E-state index contributed by atoms with van der Waals surface area (Å²) >= 11 is 8.86. The molecule has 1 aromatic rings. The van der Waals surface area contributed by atoms with Crippen LogP contribution in [0.3, 0.4) is 0 Å². The average Bonchev–Trinajstić information content (AvgIpc) is 2.08. The van der Waals surface area contributed by atoms with E-state index in [9.17, 15) is 4.79 Å². The van der Waals surface area contributed by atoms with Crippen molar-refractivity contribution < 1.29 is 9.90 Å². The van der Waals surface area contributed by atoms with Gasteiger partial charge >= 0.3 is 5.97 Å². The van der Waals surface area contributed by atoms with Crippen molar-refractivity contribution in [1.29, 1.82) is 0 Å². The molecule has 0 saturated carbocycles. The molecule has 0 fully saturated rings. The van der Waals surface area contributed by atoms with E-state index in [1.165, 1.54) is 12.1 Å². The third-order valence-corrected chi connectivity index (χ3v) is 2.64. The van der Waals surface area contributed by atoms with Gasteiger partial charge < -0.3 is 10.5 Å². The van der Waals surface area contributed by atoms with E-state index in [0.29, 0.717) is 15.2 Å². The molecule has 0 amide bonds. The summed E-state index contributed by atoms with van der Waals surface area (Å²) in [6.45, 7) is 0. The van der Waals surface area contributed by atoms with Gasteiger partial charge in [0.25, 0.3) is 0 Å². The first-order chi connectivity index (χ1) is 6.06. The van der Waals surface area contributed by atoms with Gasteiger partial charge in [-0.25, -0.2) is 4.79 Å². The number of carbonyl (C=O) groups is 1. The first kappa shape index (κ1) is 13.5. The molecule has 0 heterocycles. The molecule has 0 aliphatic carbocycles. The smallest absolute Gasteiger partial charge is 0.337 e. The van der Waals surface area contributed by atoms with Gasteiger partial charge in [0.1, 0.15) is 0 Å². The zero-order valence-corrected chi connectivity index (χ0v) is 9.91. The van der Waals surface area contributed by atoms with Gasteiger partial charge in [0, 0.05) is 4.47 Å². The molecule has 1 rings (SSSR count). The maximum Gasteiger partial charge on any atom is 0.337 e. The van der Waals surface area contributed by atoms with E-state index in [4.69, 9.17) is 22.6 Å². The van der Waals surface area contributed by atoms with Gasteiger partial charge in [-0.1, -0.05) is 11.6 Å². The number of benzene rings is 1. The highest BCUT2D eigenvalue weighted by Crippen LogP contribution is 2.28. The van der Waals surface area contributed by atoms with Crippen LogP contribution in [0.2, 0.25) is 5.02 Å². The summed E-state index contributed by atoms with van der Waals surface area (Å²) in [5.74, 6) is 4.05. The van der Waals surface area contributed by atoms with Crippen LogP contribution in [0.4, 0.5) is 5.69 Å². The number of carboxylic acid groups (broad SMARTS) is 1. The maximum absolute atomic E-state index is 10.7. The van der Waals surface area contributed by atoms with Gasteiger partial charge in [-0.15, -0.1) is 12.4 Å². The molecule has 0 aliphatic rings. The fourth-order valence-electron chi connectivity index (χ4n) is 0.843. The Bertz CT molecular complexity index is 360. The van der Waals surface area contributed by atoms with Crippen molar-refractivity contribution in [2.45, 2.75) is 0 Å². The fourth-order valence-corrected chi connectivity index (χ4v) is 1.35. The number of halogens is 3. The Hall–Kier alpha value is -0.490. The maximum atomic E-state index is 10.7. The van der Waals surface area contributed by atoms with Crippen molar-refractivity contribution in [1.82, 2.24) is 0 Å². The van der Waals surface area contributed by atoms with Gasteiger partial charge in [0.2, 0.25) is 0 Å². The summed E-state index contributed by atoms with van der Waals surface area (Å²) in [4.78, 5) is 10.7. The summed E-state index contributed by atoms with van der Waals surface area (Å²) in [6.07, 6.45) is 0. The Labute approximate surface area is 99.9 Å². The van der Waals surface area contributed by atoms with Crippen LogP contribution in [0, 0.1) is 0 Å². The number of nitrogens with two attached hydrogens (primary N) is 1. The molecule has 78 valence electrons. The second-order valence-corrected chi connectivity index (χ2v) is 3.52. The zero-order chi connectivity index (χ0) is 10.0. The topological polar surface area (TPSA) is 75.3 Å². The molecule has 0 bridgehead atoms. The standard InChI is InChI=1S/C7H6BrClN2O2.ClH/c8-4-2-6(11-10)3(7(12)13)1-5(4)9;/h1-2,11H,10H2,(H,12,13);1H. The molecule has 7 heteroatoms. The van der Waals surface area contributed by atoms with E-state index < -0.39 is 5.97 Å². The van der Waals surface area contributed by atoms with Gasteiger partial charge in [-0.05, 0) is 28.1 Å². The van der Waals surface area contributed by atoms with E-state index in [-0.39, 0.29) is 18.0 Å². The minimum atomic E-state index is -1.08. The molecule has 0 radical (unpaired) electrons. The highest BCUT2D eigenvalue weighted by atomic mass is 79.9. The summed E-state index contributed by atoms with van der Waals surface area (Å²) < 4.78 is 0.590. The number of nitrogens with one attached hydrogen (secondary N) is 1. The molecule has 1 aromatic carbocycles. The number of rotatable bonds is 2. The number of hydrogen-bond donors (Lipinski definition) is 3. The van der Waals surface area contributed by atoms with Crippen molar-refractivity contribution in [3.63, 3.8) is 0 Å². The van der Waals surface area contributed by atoms with Crippen LogP contribution in [-0.2, 0) is 0 Å². The summed E-state index contributed by atoms with van der Waals surface area (Å²) in [6, 6.07) is 2.83. The molecule has 4 nitrogen and oxygen atoms in total. The van der Waals surface area contributed by atoms with Gasteiger partial charge in [-0.2, -0.15) is 0 Å². The highest BCUT2D eigenvalue weighted by molar-refractivity contribution is 9.10. The van der Waals surface area contributed by atoms with Gasteiger partial charge in [0.15, 0.2) is 0 Å². The molecule has 4 N–H and O–H groups in total. The lowest BCUT2D eigenvalue weighted by Crippen LogP contribution is -2.11. The molecular formula is C7H7BrCl2N2O2. The number of aromatic carboxylic acids is 1. The number of hydrogen-bond acceptors (Lipinski definition) is 3. The summed E-state index contributed by atoms with van der Waals surface area (Å²) in [5.41, 5.74) is 2.62. The number of hydrazine groups is 1. The third-order valence-electron chi connectivity index (χ3n) is 1.45. The highest BCUT2D eigenvalue weighted by Gasteiger charge is 2.11. The first-order valence-corrected chi connectivity index (χ1v) is 4.42. The normalized spacial score (nSPS) is 9.07. The van der Waals surface area contributed by atoms with Crippen LogP contribution in [0.5, 0.6) is 0 Å². The van der Waals surface area contributed by atoms with Gasteiger partial charge in [-0.3, -0.25) is 5.84 Å². The van der Waals surface area contributed by atoms with E-state index in [2.05, 4.69) is 21.4 Å². The zero-order valence-electron chi connectivity index (χ0n) is 6.75. The summed E-state index contributed by atoms with van der Waals surface area (Å²) in [5, 5.41) is 9.07. The van der Waals surface area contributed by atoms with Crippen LogP contribution in [0.1, 0.15) is 10.4 Å². The molecule has 14 heavy (non-hydrogen) atoms. The van der Waals surface area contributed by atoms with Crippen molar-refractivity contribution in [3.8, 4) is 0 Å². The van der Waals surface area contributed by atoms with Crippen LogP contribution in [0.25, 0.3) is 0 Å². The molecule has 0 atom stereocenters. The molecule has 0 saturated heterocycles. The van der Waals surface area contributed by atoms with E-state index in [0.717, 1.165) is 0 Å². The molecule has 0 unspecified atom stereocenters. The lowest BCUT2D eigenvalue weighted by molar-refractivity contribution is 0.0698. The lowest BCUT2D eigenvalue weighted by atomic mass is 10.2. The second kappa shape index (κ2) is 5.41. The monoisotopic (exact) mass is 300 g/mol. The molecule has 0 aromatic heterocycles. The van der Waals surface area contributed by atoms with E-state index in [1.54, 1.807) is 0 Å². The summed E-state index contributed by atoms with van der Waals surface area (Å²) in [7, 11) is 0. The van der Waals surface area contributed by atoms with Crippen molar-refractivity contribution in [3.05, 3.63) is 27.2 Å². The van der Waals surface area contributed by atoms with Gasteiger partial charge in [0.05, 0.1) is 16.3 Å². The van der Waals surface area contributed by atoms with Crippen LogP contribution in [0.15, 0.2) is 16.6 Å². The Balaban J connectivity index is 0.00000169. The largest absolute Gasteiger partial charge is 0.478 e. The Morgan fingerprint density at radius 3 is 2.57 bits per heavy atom. The predicted octanol–water partition coefficient (Wildman–Crippen LogP) is 2.51. The number of carboxylic acids is 1.